The Hall–Kier alpha value is -0.0900. The van der Waals surface area contributed by atoms with Gasteiger partial charge >= 0.3 is 5.97 Å². The summed E-state index contributed by atoms with van der Waals surface area (Å²) in [4.78, 5) is 10.9. The third-order valence-corrected chi connectivity index (χ3v) is 5.17. The van der Waals surface area contributed by atoms with Gasteiger partial charge in [0.25, 0.3) is 0 Å². The zero-order valence-corrected chi connectivity index (χ0v) is 18.3. The molecule has 150 valence electrons. The lowest BCUT2D eigenvalue weighted by molar-refractivity contribution is -0.147. The van der Waals surface area contributed by atoms with Gasteiger partial charge in [0.2, 0.25) is 0 Å². The van der Waals surface area contributed by atoms with Gasteiger partial charge in [0.1, 0.15) is 6.10 Å². The van der Waals surface area contributed by atoms with Crippen LogP contribution in [0.15, 0.2) is 0 Å². The van der Waals surface area contributed by atoms with Crippen molar-refractivity contribution in [1.29, 1.82) is 0 Å². The molecular weight excluding hydrogens is 380 g/mol. The van der Waals surface area contributed by atoms with E-state index in [9.17, 15) is 4.79 Å². The van der Waals surface area contributed by atoms with Gasteiger partial charge in [0, 0.05) is 18.9 Å². The molecule has 25 heavy (non-hydrogen) atoms. The van der Waals surface area contributed by atoms with E-state index in [2.05, 4.69) is 22.9 Å². The second-order valence-corrected chi connectivity index (χ2v) is 7.70. The highest BCUT2D eigenvalue weighted by atomic mass is 79.9. The van der Waals surface area contributed by atoms with Crippen molar-refractivity contribution in [2.75, 3.05) is 18.5 Å². The average molecular weight is 421 g/mol. The van der Waals surface area contributed by atoms with Crippen molar-refractivity contribution in [3.8, 4) is 0 Å². The van der Waals surface area contributed by atoms with Crippen molar-refractivity contribution in [2.24, 2.45) is 0 Å². The quantitative estimate of drug-likeness (QED) is 0.131. The van der Waals surface area contributed by atoms with Crippen LogP contribution in [0.4, 0.5) is 0 Å². The lowest BCUT2D eigenvalue weighted by atomic mass is 10.0. The Morgan fingerprint density at radius 3 is 1.64 bits per heavy atom. The van der Waals surface area contributed by atoms with Gasteiger partial charge in [-0.25, -0.2) is 0 Å². The largest absolute Gasteiger partial charge is 0.459 e. The molecule has 0 spiro atoms. The monoisotopic (exact) mass is 420 g/mol. The van der Waals surface area contributed by atoms with Gasteiger partial charge in [-0.3, -0.25) is 4.79 Å². The van der Waals surface area contributed by atoms with Crippen molar-refractivity contribution in [3.05, 3.63) is 0 Å². The van der Waals surface area contributed by atoms with Crippen LogP contribution in [0.3, 0.4) is 0 Å². The number of esters is 1. The van der Waals surface area contributed by atoms with Crippen molar-refractivity contribution in [1.82, 2.24) is 0 Å². The molecular formula is C21H41BrO3. The zero-order valence-electron chi connectivity index (χ0n) is 16.7. The maximum Gasteiger partial charge on any atom is 0.303 e. The fourth-order valence-corrected chi connectivity index (χ4v) is 3.28. The number of rotatable bonds is 19. The number of unbranched alkanes of at least 4 members (excludes halogenated alkanes) is 13. The summed E-state index contributed by atoms with van der Waals surface area (Å²) in [7, 11) is 0. The Morgan fingerprint density at radius 1 is 0.800 bits per heavy atom. The first kappa shape index (κ1) is 24.9. The molecule has 0 heterocycles. The molecule has 0 aromatic carbocycles. The van der Waals surface area contributed by atoms with E-state index in [1.165, 1.54) is 90.4 Å². The van der Waals surface area contributed by atoms with Crippen LogP contribution in [0.25, 0.3) is 0 Å². The first-order valence-corrected chi connectivity index (χ1v) is 11.6. The summed E-state index contributed by atoms with van der Waals surface area (Å²) >= 11 is 3.33. The standard InChI is InChI=1S/C21H41BrO3/c1-3-4-5-6-7-8-9-10-11-12-13-14-15-16-17-24-19-21(18-22)25-20(2)23/h21H,3-19H2,1-2H3/t21-/m1/s1. The molecule has 0 bridgehead atoms. The van der Waals surface area contributed by atoms with E-state index in [1.54, 1.807) is 0 Å². The molecule has 0 fully saturated rings. The van der Waals surface area contributed by atoms with Gasteiger partial charge in [-0.15, -0.1) is 0 Å². The van der Waals surface area contributed by atoms with E-state index in [1.807, 2.05) is 0 Å². The minimum absolute atomic E-state index is 0.163. The topological polar surface area (TPSA) is 35.5 Å². The maximum absolute atomic E-state index is 10.9. The van der Waals surface area contributed by atoms with Crippen LogP contribution in [0.1, 0.15) is 104 Å². The summed E-state index contributed by atoms with van der Waals surface area (Å²) in [6, 6.07) is 0. The van der Waals surface area contributed by atoms with Gasteiger partial charge in [-0.05, 0) is 6.42 Å². The Morgan fingerprint density at radius 2 is 1.24 bits per heavy atom. The summed E-state index contributed by atoms with van der Waals surface area (Å²) in [5.74, 6) is -0.246. The summed E-state index contributed by atoms with van der Waals surface area (Å²) in [6.07, 6.45) is 19.0. The predicted octanol–water partition coefficient (Wildman–Crippen LogP) is 6.81. The van der Waals surface area contributed by atoms with Crippen molar-refractivity contribution in [2.45, 2.75) is 110 Å². The molecule has 1 atom stereocenters. The van der Waals surface area contributed by atoms with Crippen LogP contribution >= 0.6 is 15.9 Å². The molecule has 0 amide bonds. The van der Waals surface area contributed by atoms with Crippen molar-refractivity contribution in [3.63, 3.8) is 0 Å². The molecule has 3 nitrogen and oxygen atoms in total. The SMILES string of the molecule is CCCCCCCCCCCCCCCCOC[C@@H](CBr)OC(C)=O. The fourth-order valence-electron chi connectivity index (χ4n) is 2.96. The number of alkyl halides is 1. The molecule has 0 N–H and O–H groups in total. The fraction of sp³-hybridized carbons (Fsp3) is 0.952. The lowest BCUT2D eigenvalue weighted by Crippen LogP contribution is -2.24. The normalized spacial score (nSPS) is 12.3. The number of halogens is 1. The highest BCUT2D eigenvalue weighted by Gasteiger charge is 2.09. The number of hydrogen-bond acceptors (Lipinski definition) is 3. The van der Waals surface area contributed by atoms with Crippen LogP contribution in [-0.4, -0.2) is 30.6 Å². The van der Waals surface area contributed by atoms with Gasteiger partial charge in [0.05, 0.1) is 6.61 Å². The lowest BCUT2D eigenvalue weighted by Gasteiger charge is -2.14. The van der Waals surface area contributed by atoms with Gasteiger partial charge in [-0.1, -0.05) is 106 Å². The van der Waals surface area contributed by atoms with Crippen LogP contribution in [0.2, 0.25) is 0 Å². The van der Waals surface area contributed by atoms with Crippen LogP contribution in [-0.2, 0) is 14.3 Å². The van der Waals surface area contributed by atoms with E-state index >= 15 is 0 Å². The van der Waals surface area contributed by atoms with Gasteiger partial charge < -0.3 is 9.47 Å². The highest BCUT2D eigenvalue weighted by Crippen LogP contribution is 2.13. The van der Waals surface area contributed by atoms with E-state index in [-0.39, 0.29) is 12.1 Å². The Kier molecular flexibility index (Phi) is 20.2. The molecule has 0 saturated carbocycles. The second kappa shape index (κ2) is 20.2. The molecule has 0 aliphatic rings. The third kappa shape index (κ3) is 20.1. The molecule has 0 rings (SSSR count). The van der Waals surface area contributed by atoms with E-state index in [4.69, 9.17) is 9.47 Å². The molecule has 0 radical (unpaired) electrons. The van der Waals surface area contributed by atoms with E-state index in [0.29, 0.717) is 11.9 Å². The van der Waals surface area contributed by atoms with Crippen molar-refractivity contribution >= 4 is 21.9 Å². The van der Waals surface area contributed by atoms with Crippen LogP contribution < -0.4 is 0 Å². The minimum atomic E-state index is -0.246. The highest BCUT2D eigenvalue weighted by molar-refractivity contribution is 9.09. The molecule has 0 aliphatic heterocycles. The molecule has 0 aromatic heterocycles. The number of carbonyl (C=O) groups is 1. The van der Waals surface area contributed by atoms with Crippen LogP contribution in [0.5, 0.6) is 0 Å². The van der Waals surface area contributed by atoms with Gasteiger partial charge in [-0.2, -0.15) is 0 Å². The first-order chi connectivity index (χ1) is 12.2. The number of carbonyl (C=O) groups excluding carboxylic acids is 1. The molecule has 4 heteroatoms. The first-order valence-electron chi connectivity index (χ1n) is 10.5. The minimum Gasteiger partial charge on any atom is -0.459 e. The molecule has 0 aliphatic carbocycles. The van der Waals surface area contributed by atoms with Crippen LogP contribution in [0, 0.1) is 0 Å². The van der Waals surface area contributed by atoms with Crippen molar-refractivity contribution < 1.29 is 14.3 Å². The summed E-state index contributed by atoms with van der Waals surface area (Å²) < 4.78 is 10.7. The maximum atomic E-state index is 10.9. The second-order valence-electron chi connectivity index (χ2n) is 7.06. The summed E-state index contributed by atoms with van der Waals surface area (Å²) in [5.41, 5.74) is 0. The van der Waals surface area contributed by atoms with Gasteiger partial charge in [0.15, 0.2) is 0 Å². The summed E-state index contributed by atoms with van der Waals surface area (Å²) in [5, 5.41) is 0.630. The molecule has 0 saturated heterocycles. The Bertz CT molecular complexity index is 284. The smallest absolute Gasteiger partial charge is 0.303 e. The molecule has 0 unspecified atom stereocenters. The molecule has 0 aromatic rings. The zero-order chi connectivity index (χ0) is 18.6. The number of ether oxygens (including phenoxy) is 2. The van der Waals surface area contributed by atoms with E-state index in [0.717, 1.165) is 13.0 Å². The summed E-state index contributed by atoms with van der Waals surface area (Å²) in [6.45, 7) is 4.97. The average Bonchev–Trinajstić information content (AvgIpc) is 2.60. The Balaban J connectivity index is 3.15. The van der Waals surface area contributed by atoms with E-state index < -0.39 is 0 Å². The predicted molar refractivity (Wildman–Crippen MR) is 110 cm³/mol. The third-order valence-electron chi connectivity index (χ3n) is 4.45. The Labute approximate surface area is 164 Å². The number of hydrogen-bond donors (Lipinski definition) is 0.